The van der Waals surface area contributed by atoms with Crippen LogP contribution >= 0.6 is 27.7 Å². The van der Waals surface area contributed by atoms with Crippen LogP contribution in [0.3, 0.4) is 0 Å². The second-order valence-corrected chi connectivity index (χ2v) is 7.50. The van der Waals surface area contributed by atoms with E-state index < -0.39 is 0 Å². The molecule has 0 aliphatic carbocycles. The Hall–Kier alpha value is 0.360. The van der Waals surface area contributed by atoms with Crippen LogP contribution < -0.4 is 0 Å². The average Bonchev–Trinajstić information content (AvgIpc) is 2.53. The van der Waals surface area contributed by atoms with Gasteiger partial charge in [0.25, 0.3) is 0 Å². The van der Waals surface area contributed by atoms with Gasteiger partial charge in [0.05, 0.1) is 5.08 Å². The van der Waals surface area contributed by atoms with Crippen molar-refractivity contribution in [3.63, 3.8) is 0 Å². The van der Waals surface area contributed by atoms with E-state index in [1.54, 1.807) is 0 Å². The van der Waals surface area contributed by atoms with Crippen LogP contribution in [0.2, 0.25) is 0 Å². The molecular weight excluding hydrogens is 284 g/mol. The van der Waals surface area contributed by atoms with E-state index in [0.29, 0.717) is 0 Å². The molecule has 1 aliphatic heterocycles. The topological polar surface area (TPSA) is 0 Å². The van der Waals surface area contributed by atoms with Crippen molar-refractivity contribution in [1.82, 2.24) is 0 Å². The molecule has 13 heavy (non-hydrogen) atoms. The Morgan fingerprint density at radius 2 is 2.00 bits per heavy atom. The highest BCUT2D eigenvalue weighted by Gasteiger charge is 2.10. The standard InChI is InChI=1S/C9H7BrS3/c10-8-3-1-7(2-4-8)9-5-13(11)6-12-9/h1-5H,6H2. The predicted octanol–water partition coefficient (Wildman–Crippen LogP) is 3.53. The van der Waals surface area contributed by atoms with Gasteiger partial charge in [0.2, 0.25) is 0 Å². The Balaban J connectivity index is 2.31. The van der Waals surface area contributed by atoms with Gasteiger partial charge in [-0.2, -0.15) is 0 Å². The normalized spacial score (nSPS) is 21.6. The molecule has 4 heteroatoms. The number of halogens is 1. The van der Waals surface area contributed by atoms with Crippen LogP contribution in [0, 0.1) is 0 Å². The Labute approximate surface area is 97.5 Å². The third-order valence-corrected chi connectivity index (χ3v) is 6.09. The van der Waals surface area contributed by atoms with E-state index in [1.807, 2.05) is 11.8 Å². The molecule has 68 valence electrons. The zero-order chi connectivity index (χ0) is 9.26. The van der Waals surface area contributed by atoms with Crippen molar-refractivity contribution in [2.75, 3.05) is 5.08 Å². The van der Waals surface area contributed by atoms with Gasteiger partial charge in [-0.25, -0.2) is 0 Å². The van der Waals surface area contributed by atoms with Gasteiger partial charge in [0.1, 0.15) is 0 Å². The van der Waals surface area contributed by atoms with Crippen molar-refractivity contribution in [3.8, 4) is 0 Å². The molecule has 1 unspecified atom stereocenters. The number of hydrogen-bond donors (Lipinski definition) is 0. The summed E-state index contributed by atoms with van der Waals surface area (Å²) in [6, 6.07) is 8.38. The SMILES string of the molecule is S=S1C=C(c2ccc(Br)cc2)SC1. The minimum atomic E-state index is 0.0638. The second-order valence-electron chi connectivity index (χ2n) is 2.63. The molecule has 1 atom stereocenters. The van der Waals surface area contributed by atoms with Gasteiger partial charge in [-0.15, -0.1) is 11.8 Å². The highest BCUT2D eigenvalue weighted by atomic mass is 79.9. The third-order valence-electron chi connectivity index (χ3n) is 1.70. The van der Waals surface area contributed by atoms with Crippen LogP contribution in [0.15, 0.2) is 34.1 Å². The molecule has 1 aromatic rings. The smallest absolute Gasteiger partial charge is 0.0525 e. The van der Waals surface area contributed by atoms with Crippen LogP contribution in [-0.2, 0) is 20.6 Å². The van der Waals surface area contributed by atoms with E-state index in [0.717, 1.165) is 9.56 Å². The van der Waals surface area contributed by atoms with E-state index in [-0.39, 0.29) is 9.45 Å². The summed E-state index contributed by atoms with van der Waals surface area (Å²) >= 11 is 10.5. The molecule has 0 radical (unpaired) electrons. The van der Waals surface area contributed by atoms with Crippen molar-refractivity contribution in [2.24, 2.45) is 0 Å². The lowest BCUT2D eigenvalue weighted by Crippen LogP contribution is -1.75. The molecule has 0 nitrogen and oxygen atoms in total. The molecule has 1 aliphatic rings. The Morgan fingerprint density at radius 3 is 2.54 bits per heavy atom. The average molecular weight is 291 g/mol. The first kappa shape index (κ1) is 9.90. The van der Waals surface area contributed by atoms with Crippen molar-refractivity contribution in [2.45, 2.75) is 0 Å². The summed E-state index contributed by atoms with van der Waals surface area (Å²) in [5.74, 6) is 0. The minimum absolute atomic E-state index is 0.0638. The van der Waals surface area contributed by atoms with Crippen LogP contribution in [0.4, 0.5) is 0 Å². The molecule has 0 fully saturated rings. The van der Waals surface area contributed by atoms with Gasteiger partial charge in [-0.3, -0.25) is 0 Å². The molecule has 0 saturated carbocycles. The lowest BCUT2D eigenvalue weighted by atomic mass is 10.2. The van der Waals surface area contributed by atoms with E-state index in [9.17, 15) is 0 Å². The zero-order valence-corrected chi connectivity index (χ0v) is 10.7. The Kier molecular flexibility index (Phi) is 3.24. The van der Waals surface area contributed by atoms with Crippen molar-refractivity contribution < 1.29 is 0 Å². The predicted molar refractivity (Wildman–Crippen MR) is 69.3 cm³/mol. The maximum atomic E-state index is 5.23. The van der Waals surface area contributed by atoms with E-state index in [4.69, 9.17) is 11.2 Å². The van der Waals surface area contributed by atoms with E-state index in [1.165, 1.54) is 10.5 Å². The lowest BCUT2D eigenvalue weighted by molar-refractivity contribution is 1.61. The van der Waals surface area contributed by atoms with Crippen molar-refractivity contribution >= 4 is 53.2 Å². The minimum Gasteiger partial charge on any atom is -0.113 e. The van der Waals surface area contributed by atoms with Crippen LogP contribution in [0.1, 0.15) is 5.56 Å². The zero-order valence-electron chi connectivity index (χ0n) is 6.70. The first-order valence-corrected chi connectivity index (χ1v) is 7.89. The summed E-state index contributed by atoms with van der Waals surface area (Å²) in [4.78, 5) is 1.34. The summed E-state index contributed by atoms with van der Waals surface area (Å²) < 4.78 is 1.12. The first-order valence-electron chi connectivity index (χ1n) is 3.73. The van der Waals surface area contributed by atoms with Crippen molar-refractivity contribution in [3.05, 3.63) is 39.7 Å². The monoisotopic (exact) mass is 290 g/mol. The molecule has 0 saturated heterocycles. The lowest BCUT2D eigenvalue weighted by Gasteiger charge is -1.99. The van der Waals surface area contributed by atoms with Crippen LogP contribution in [-0.4, -0.2) is 5.08 Å². The maximum absolute atomic E-state index is 5.23. The van der Waals surface area contributed by atoms with Gasteiger partial charge in [-0.1, -0.05) is 37.5 Å². The molecule has 1 aromatic carbocycles. The molecule has 0 amide bonds. The summed E-state index contributed by atoms with van der Waals surface area (Å²) in [6.07, 6.45) is 0. The van der Waals surface area contributed by atoms with Gasteiger partial charge in [-0.05, 0) is 34.3 Å². The molecular formula is C9H7BrS3. The first-order chi connectivity index (χ1) is 6.25. The van der Waals surface area contributed by atoms with Crippen LogP contribution in [0.25, 0.3) is 4.91 Å². The largest absolute Gasteiger partial charge is 0.113 e. The number of rotatable bonds is 1. The summed E-state index contributed by atoms with van der Waals surface area (Å²) in [7, 11) is 0.0638. The van der Waals surface area contributed by atoms with E-state index in [2.05, 4.69) is 45.6 Å². The van der Waals surface area contributed by atoms with Crippen LogP contribution in [0.5, 0.6) is 0 Å². The highest BCUT2D eigenvalue weighted by molar-refractivity contribution is 9.10. The van der Waals surface area contributed by atoms with Gasteiger partial charge >= 0.3 is 0 Å². The summed E-state index contributed by atoms with van der Waals surface area (Å²) in [6.45, 7) is 0. The van der Waals surface area contributed by atoms with Gasteiger partial charge < -0.3 is 0 Å². The Morgan fingerprint density at radius 1 is 1.31 bits per heavy atom. The van der Waals surface area contributed by atoms with E-state index >= 15 is 0 Å². The fourth-order valence-electron chi connectivity index (χ4n) is 1.07. The van der Waals surface area contributed by atoms with Gasteiger partial charge in [0.15, 0.2) is 0 Å². The fraction of sp³-hybridized carbons (Fsp3) is 0.111. The molecule has 2 rings (SSSR count). The Bertz CT molecular complexity index is 367. The van der Waals surface area contributed by atoms with Crippen molar-refractivity contribution in [1.29, 1.82) is 0 Å². The molecule has 0 N–H and O–H groups in total. The quantitative estimate of drug-likeness (QED) is 0.776. The fourth-order valence-corrected chi connectivity index (χ4v) is 4.79. The molecule has 0 spiro atoms. The number of thioether (sulfide) groups is 1. The highest BCUT2D eigenvalue weighted by Crippen LogP contribution is 2.34. The second kappa shape index (κ2) is 4.26. The summed E-state index contributed by atoms with van der Waals surface area (Å²) in [5, 5.41) is 3.27. The maximum Gasteiger partial charge on any atom is 0.0525 e. The number of benzene rings is 1. The molecule has 0 aromatic heterocycles. The van der Waals surface area contributed by atoms with Gasteiger partial charge in [0, 0.05) is 9.38 Å². The summed E-state index contributed by atoms with van der Waals surface area (Å²) in [5.41, 5.74) is 1.29. The molecule has 1 heterocycles. The third kappa shape index (κ3) is 2.43. The molecule has 0 bridgehead atoms. The number of hydrogen-bond acceptors (Lipinski definition) is 2.